The lowest BCUT2D eigenvalue weighted by Crippen LogP contribution is -2.15. The van der Waals surface area contributed by atoms with Crippen molar-refractivity contribution in [2.75, 3.05) is 11.1 Å². The van der Waals surface area contributed by atoms with E-state index in [0.29, 0.717) is 15.8 Å². The molecule has 104 valence electrons. The number of halogens is 4. The first-order valence-electron chi connectivity index (χ1n) is 5.39. The van der Waals surface area contributed by atoms with Gasteiger partial charge in [0.25, 0.3) is 5.91 Å². The molecule has 7 heteroatoms. The van der Waals surface area contributed by atoms with Gasteiger partial charge in [-0.25, -0.2) is 4.39 Å². The van der Waals surface area contributed by atoms with Crippen molar-refractivity contribution in [3.63, 3.8) is 0 Å². The predicted molar refractivity (Wildman–Crippen MR) is 85.6 cm³/mol. The topological polar surface area (TPSA) is 55.1 Å². The van der Waals surface area contributed by atoms with E-state index in [-0.39, 0.29) is 10.6 Å². The molecule has 0 fully saturated rings. The molecule has 3 N–H and O–H groups in total. The number of nitrogen functional groups attached to an aromatic ring is 1. The van der Waals surface area contributed by atoms with Crippen LogP contribution in [0.15, 0.2) is 39.3 Å². The van der Waals surface area contributed by atoms with Crippen molar-refractivity contribution in [3.8, 4) is 0 Å². The molecular formula is C13H8Br2ClFN2O. The fourth-order valence-electron chi connectivity index (χ4n) is 1.58. The molecule has 0 radical (unpaired) electrons. The number of carbonyl (C=O) groups is 1. The molecule has 0 spiro atoms. The number of hydrogen-bond acceptors (Lipinski definition) is 2. The summed E-state index contributed by atoms with van der Waals surface area (Å²) in [6, 6.07) is 7.12. The maximum Gasteiger partial charge on any atom is 0.258 e. The Hall–Kier alpha value is -1.11. The van der Waals surface area contributed by atoms with E-state index in [1.165, 1.54) is 12.1 Å². The minimum Gasteiger partial charge on any atom is -0.397 e. The monoisotopic (exact) mass is 420 g/mol. The average molecular weight is 422 g/mol. The second-order valence-electron chi connectivity index (χ2n) is 3.93. The standard InChI is InChI=1S/C13H8Br2ClFN2O/c14-6-3-9(15)12(11(18)4-6)19-13(20)8-5-7(16)1-2-10(8)17/h1-5H,18H2,(H,19,20). The molecule has 0 bridgehead atoms. The predicted octanol–water partition coefficient (Wildman–Crippen LogP) is 4.84. The summed E-state index contributed by atoms with van der Waals surface area (Å²) in [4.78, 5) is 12.1. The molecule has 2 aromatic rings. The number of nitrogens with two attached hydrogens (primary N) is 1. The third kappa shape index (κ3) is 3.31. The van der Waals surface area contributed by atoms with Crippen LogP contribution in [-0.2, 0) is 0 Å². The Bertz CT molecular complexity index is 671. The van der Waals surface area contributed by atoms with Gasteiger partial charge in [0.05, 0.1) is 16.9 Å². The molecule has 2 aromatic carbocycles. The molecule has 0 heterocycles. The van der Waals surface area contributed by atoms with Gasteiger partial charge in [0.15, 0.2) is 0 Å². The van der Waals surface area contributed by atoms with Crippen molar-refractivity contribution in [3.05, 3.63) is 55.7 Å². The van der Waals surface area contributed by atoms with E-state index in [1.807, 2.05) is 0 Å². The molecular weight excluding hydrogens is 414 g/mol. The van der Waals surface area contributed by atoms with Crippen LogP contribution in [0, 0.1) is 5.82 Å². The zero-order chi connectivity index (χ0) is 14.9. The van der Waals surface area contributed by atoms with Crippen LogP contribution >= 0.6 is 43.5 Å². The highest BCUT2D eigenvalue weighted by Gasteiger charge is 2.15. The maximum absolute atomic E-state index is 13.6. The molecule has 20 heavy (non-hydrogen) atoms. The van der Waals surface area contributed by atoms with E-state index >= 15 is 0 Å². The zero-order valence-corrected chi connectivity index (χ0v) is 13.8. The molecule has 0 saturated heterocycles. The third-order valence-corrected chi connectivity index (χ3v) is 3.82. The molecule has 0 aliphatic carbocycles. The highest BCUT2D eigenvalue weighted by atomic mass is 79.9. The van der Waals surface area contributed by atoms with Crippen molar-refractivity contribution < 1.29 is 9.18 Å². The number of amides is 1. The fraction of sp³-hybridized carbons (Fsp3) is 0. The van der Waals surface area contributed by atoms with Crippen molar-refractivity contribution >= 4 is 60.7 Å². The SMILES string of the molecule is Nc1cc(Br)cc(Br)c1NC(=O)c1cc(Cl)ccc1F. The normalized spacial score (nSPS) is 10.4. The van der Waals surface area contributed by atoms with Gasteiger partial charge in [-0.2, -0.15) is 0 Å². The Labute approximate surface area is 136 Å². The van der Waals surface area contributed by atoms with Gasteiger partial charge < -0.3 is 11.1 Å². The van der Waals surface area contributed by atoms with Crippen LogP contribution in [0.2, 0.25) is 5.02 Å². The lowest BCUT2D eigenvalue weighted by Gasteiger charge is -2.11. The van der Waals surface area contributed by atoms with Gasteiger partial charge in [0.1, 0.15) is 5.82 Å². The largest absolute Gasteiger partial charge is 0.397 e. The number of hydrogen-bond donors (Lipinski definition) is 2. The minimum absolute atomic E-state index is 0.147. The van der Waals surface area contributed by atoms with Crippen LogP contribution in [0.25, 0.3) is 0 Å². The van der Waals surface area contributed by atoms with E-state index < -0.39 is 11.7 Å². The average Bonchev–Trinajstić information content (AvgIpc) is 2.36. The lowest BCUT2D eigenvalue weighted by atomic mass is 10.2. The van der Waals surface area contributed by atoms with E-state index in [4.69, 9.17) is 17.3 Å². The number of benzene rings is 2. The van der Waals surface area contributed by atoms with Gasteiger partial charge >= 0.3 is 0 Å². The van der Waals surface area contributed by atoms with Gasteiger partial charge in [-0.3, -0.25) is 4.79 Å². The summed E-state index contributed by atoms with van der Waals surface area (Å²) < 4.78 is 15.0. The Kier molecular flexibility index (Phi) is 4.67. The maximum atomic E-state index is 13.6. The van der Waals surface area contributed by atoms with Crippen LogP contribution in [0.3, 0.4) is 0 Å². The van der Waals surface area contributed by atoms with Crippen molar-refractivity contribution in [2.24, 2.45) is 0 Å². The van der Waals surface area contributed by atoms with Crippen LogP contribution in [-0.4, -0.2) is 5.91 Å². The van der Waals surface area contributed by atoms with Crippen molar-refractivity contribution in [1.29, 1.82) is 0 Å². The summed E-state index contributed by atoms with van der Waals surface area (Å²) >= 11 is 12.3. The summed E-state index contributed by atoms with van der Waals surface area (Å²) in [5, 5.41) is 2.84. The minimum atomic E-state index is -0.654. The first-order chi connectivity index (χ1) is 9.38. The summed E-state index contributed by atoms with van der Waals surface area (Å²) in [5.41, 5.74) is 6.40. The molecule has 3 nitrogen and oxygen atoms in total. The Morgan fingerprint density at radius 2 is 1.95 bits per heavy atom. The molecule has 0 unspecified atom stereocenters. The Balaban J connectivity index is 2.35. The summed E-state index contributed by atoms with van der Waals surface area (Å²) in [7, 11) is 0. The van der Waals surface area contributed by atoms with Crippen molar-refractivity contribution in [2.45, 2.75) is 0 Å². The summed E-state index contributed by atoms with van der Waals surface area (Å²) in [6.07, 6.45) is 0. The Morgan fingerprint density at radius 1 is 1.25 bits per heavy atom. The van der Waals surface area contributed by atoms with E-state index in [9.17, 15) is 9.18 Å². The van der Waals surface area contributed by atoms with Crippen LogP contribution in [0.5, 0.6) is 0 Å². The van der Waals surface area contributed by atoms with E-state index in [2.05, 4.69) is 37.2 Å². The van der Waals surface area contributed by atoms with E-state index in [0.717, 1.165) is 10.5 Å². The zero-order valence-electron chi connectivity index (χ0n) is 9.88. The quantitative estimate of drug-likeness (QED) is 0.681. The smallest absolute Gasteiger partial charge is 0.258 e. The molecule has 0 saturated carbocycles. The third-order valence-electron chi connectivity index (χ3n) is 2.50. The summed E-state index contributed by atoms with van der Waals surface area (Å²) in [5.74, 6) is -1.28. The fourth-order valence-corrected chi connectivity index (χ4v) is 3.11. The van der Waals surface area contributed by atoms with Crippen LogP contribution in [0.1, 0.15) is 10.4 Å². The Morgan fingerprint density at radius 3 is 2.60 bits per heavy atom. The first-order valence-corrected chi connectivity index (χ1v) is 7.36. The number of anilines is 2. The highest BCUT2D eigenvalue weighted by molar-refractivity contribution is 9.11. The second kappa shape index (κ2) is 6.11. The van der Waals surface area contributed by atoms with Gasteiger partial charge in [0.2, 0.25) is 0 Å². The molecule has 0 aliphatic rings. The van der Waals surface area contributed by atoms with Crippen LogP contribution in [0.4, 0.5) is 15.8 Å². The van der Waals surface area contributed by atoms with E-state index in [1.54, 1.807) is 12.1 Å². The molecule has 1 amide bonds. The second-order valence-corrected chi connectivity index (χ2v) is 6.14. The highest BCUT2D eigenvalue weighted by Crippen LogP contribution is 2.33. The number of nitrogens with one attached hydrogen (secondary N) is 1. The molecule has 0 aromatic heterocycles. The number of carbonyl (C=O) groups excluding carboxylic acids is 1. The molecule has 0 atom stereocenters. The molecule has 2 rings (SSSR count). The molecule has 0 aliphatic heterocycles. The summed E-state index contributed by atoms with van der Waals surface area (Å²) in [6.45, 7) is 0. The van der Waals surface area contributed by atoms with Gasteiger partial charge in [-0.05, 0) is 46.3 Å². The first kappa shape index (κ1) is 15.3. The van der Waals surface area contributed by atoms with Gasteiger partial charge in [0, 0.05) is 14.0 Å². The van der Waals surface area contributed by atoms with Gasteiger partial charge in [-0.15, -0.1) is 0 Å². The number of rotatable bonds is 2. The van der Waals surface area contributed by atoms with Gasteiger partial charge in [-0.1, -0.05) is 27.5 Å². The lowest BCUT2D eigenvalue weighted by molar-refractivity contribution is 0.102. The van der Waals surface area contributed by atoms with Crippen LogP contribution < -0.4 is 11.1 Å². The van der Waals surface area contributed by atoms with Crippen molar-refractivity contribution in [1.82, 2.24) is 0 Å².